The standard InChI is InChI=1S/C9H14O2/c1-2-7-3-4-9(11)8(7)5-6-10/h6-8H,2-5H2,1H3. The average molecular weight is 154 g/mol. The highest BCUT2D eigenvalue weighted by atomic mass is 16.1. The van der Waals surface area contributed by atoms with Crippen LogP contribution in [0.15, 0.2) is 0 Å². The Labute approximate surface area is 67.0 Å². The Hall–Kier alpha value is -0.660. The molecule has 0 aromatic rings. The van der Waals surface area contributed by atoms with Crippen LogP contribution in [0.4, 0.5) is 0 Å². The minimum absolute atomic E-state index is 0.0532. The molecule has 2 unspecified atom stereocenters. The van der Waals surface area contributed by atoms with Crippen molar-refractivity contribution in [2.24, 2.45) is 11.8 Å². The molecule has 2 heteroatoms. The third-order valence-corrected chi connectivity index (χ3v) is 2.62. The van der Waals surface area contributed by atoms with Crippen LogP contribution in [0.2, 0.25) is 0 Å². The largest absolute Gasteiger partial charge is 0.303 e. The van der Waals surface area contributed by atoms with E-state index in [0.717, 1.165) is 19.1 Å². The summed E-state index contributed by atoms with van der Waals surface area (Å²) in [4.78, 5) is 21.4. The first-order valence-electron chi connectivity index (χ1n) is 4.26. The molecule has 62 valence electrons. The first kappa shape index (κ1) is 8.44. The molecule has 2 nitrogen and oxygen atoms in total. The molecule has 0 heterocycles. The summed E-state index contributed by atoms with van der Waals surface area (Å²) in [7, 11) is 0. The second kappa shape index (κ2) is 3.65. The van der Waals surface area contributed by atoms with Gasteiger partial charge in [0.2, 0.25) is 0 Å². The fourth-order valence-electron chi connectivity index (χ4n) is 1.89. The van der Waals surface area contributed by atoms with Gasteiger partial charge in [-0.2, -0.15) is 0 Å². The highest BCUT2D eigenvalue weighted by molar-refractivity contribution is 5.85. The molecule has 0 aromatic carbocycles. The van der Waals surface area contributed by atoms with E-state index >= 15 is 0 Å². The number of hydrogen-bond donors (Lipinski definition) is 0. The molecule has 0 radical (unpaired) electrons. The molecule has 1 rings (SSSR count). The molecule has 0 saturated heterocycles. The van der Waals surface area contributed by atoms with Crippen molar-refractivity contribution in [3.05, 3.63) is 0 Å². The third kappa shape index (κ3) is 1.67. The van der Waals surface area contributed by atoms with Crippen molar-refractivity contribution in [3.63, 3.8) is 0 Å². The monoisotopic (exact) mass is 154 g/mol. The Balaban J connectivity index is 2.55. The van der Waals surface area contributed by atoms with E-state index in [1.807, 2.05) is 0 Å². The number of carbonyl (C=O) groups is 2. The van der Waals surface area contributed by atoms with E-state index in [4.69, 9.17) is 0 Å². The molecule has 1 aliphatic carbocycles. The quantitative estimate of drug-likeness (QED) is 0.578. The average Bonchev–Trinajstić information content (AvgIpc) is 2.34. The van der Waals surface area contributed by atoms with E-state index in [9.17, 15) is 9.59 Å². The molecule has 0 aromatic heterocycles. The van der Waals surface area contributed by atoms with Crippen molar-refractivity contribution < 1.29 is 9.59 Å². The van der Waals surface area contributed by atoms with Crippen molar-refractivity contribution in [2.45, 2.75) is 32.6 Å². The predicted octanol–water partition coefficient (Wildman–Crippen LogP) is 1.58. The van der Waals surface area contributed by atoms with E-state index < -0.39 is 0 Å². The van der Waals surface area contributed by atoms with Crippen molar-refractivity contribution in [1.82, 2.24) is 0 Å². The second-order valence-corrected chi connectivity index (χ2v) is 3.18. The molecule has 0 amide bonds. The molecule has 0 N–H and O–H groups in total. The van der Waals surface area contributed by atoms with Crippen LogP contribution in [0.3, 0.4) is 0 Å². The van der Waals surface area contributed by atoms with Crippen LogP contribution in [0.5, 0.6) is 0 Å². The zero-order chi connectivity index (χ0) is 8.27. The smallest absolute Gasteiger partial charge is 0.136 e. The number of hydrogen-bond acceptors (Lipinski definition) is 2. The lowest BCUT2D eigenvalue weighted by Gasteiger charge is -2.12. The summed E-state index contributed by atoms with van der Waals surface area (Å²) in [5.41, 5.74) is 0. The molecule has 1 aliphatic rings. The van der Waals surface area contributed by atoms with E-state index in [0.29, 0.717) is 24.5 Å². The summed E-state index contributed by atoms with van der Waals surface area (Å²) in [5.74, 6) is 0.828. The van der Waals surface area contributed by atoms with Gasteiger partial charge in [-0.25, -0.2) is 0 Å². The van der Waals surface area contributed by atoms with Gasteiger partial charge >= 0.3 is 0 Å². The number of carbonyl (C=O) groups excluding carboxylic acids is 2. The van der Waals surface area contributed by atoms with Gasteiger partial charge in [-0.15, -0.1) is 0 Å². The highest BCUT2D eigenvalue weighted by Gasteiger charge is 2.32. The lowest BCUT2D eigenvalue weighted by molar-refractivity contribution is -0.123. The lowest BCUT2D eigenvalue weighted by Crippen LogP contribution is -2.14. The van der Waals surface area contributed by atoms with Crippen molar-refractivity contribution in [2.75, 3.05) is 0 Å². The fourth-order valence-corrected chi connectivity index (χ4v) is 1.89. The van der Waals surface area contributed by atoms with Gasteiger partial charge in [-0.05, 0) is 12.3 Å². The van der Waals surface area contributed by atoms with Crippen LogP contribution in [0.1, 0.15) is 32.6 Å². The molecular weight excluding hydrogens is 140 g/mol. The third-order valence-electron chi connectivity index (χ3n) is 2.62. The number of aldehydes is 1. The van der Waals surface area contributed by atoms with Crippen LogP contribution in [-0.4, -0.2) is 12.1 Å². The van der Waals surface area contributed by atoms with Crippen LogP contribution in [0, 0.1) is 11.8 Å². The molecule has 2 atom stereocenters. The second-order valence-electron chi connectivity index (χ2n) is 3.18. The zero-order valence-corrected chi connectivity index (χ0v) is 6.88. The van der Waals surface area contributed by atoms with Crippen LogP contribution in [0.25, 0.3) is 0 Å². The lowest BCUT2D eigenvalue weighted by atomic mass is 9.91. The molecule has 11 heavy (non-hydrogen) atoms. The molecular formula is C9H14O2. The molecule has 0 bridgehead atoms. The molecule has 1 saturated carbocycles. The normalized spacial score (nSPS) is 30.8. The SMILES string of the molecule is CCC1CCC(=O)C1CC=O. The minimum atomic E-state index is 0.0532. The highest BCUT2D eigenvalue weighted by Crippen LogP contribution is 2.32. The summed E-state index contributed by atoms with van der Waals surface area (Å²) in [6.07, 6.45) is 4.03. The van der Waals surface area contributed by atoms with Crippen LogP contribution >= 0.6 is 0 Å². The summed E-state index contributed by atoms with van der Waals surface area (Å²) in [5, 5.41) is 0. The van der Waals surface area contributed by atoms with Gasteiger partial charge in [0.05, 0.1) is 0 Å². The Kier molecular flexibility index (Phi) is 2.80. The Morgan fingerprint density at radius 1 is 1.64 bits per heavy atom. The Bertz CT molecular complexity index is 163. The van der Waals surface area contributed by atoms with Gasteiger partial charge < -0.3 is 4.79 Å². The molecule has 0 spiro atoms. The van der Waals surface area contributed by atoms with Gasteiger partial charge in [0.1, 0.15) is 12.1 Å². The van der Waals surface area contributed by atoms with E-state index in [-0.39, 0.29) is 5.92 Å². The topological polar surface area (TPSA) is 34.1 Å². The minimum Gasteiger partial charge on any atom is -0.303 e. The molecule has 0 aliphatic heterocycles. The first-order valence-corrected chi connectivity index (χ1v) is 4.26. The van der Waals surface area contributed by atoms with Gasteiger partial charge in [-0.3, -0.25) is 4.79 Å². The van der Waals surface area contributed by atoms with Gasteiger partial charge in [0.15, 0.2) is 0 Å². The van der Waals surface area contributed by atoms with E-state index in [1.165, 1.54) is 0 Å². The maximum Gasteiger partial charge on any atom is 0.136 e. The summed E-state index contributed by atoms with van der Waals surface area (Å²) >= 11 is 0. The van der Waals surface area contributed by atoms with Crippen LogP contribution < -0.4 is 0 Å². The summed E-state index contributed by atoms with van der Waals surface area (Å²) in [6, 6.07) is 0. The van der Waals surface area contributed by atoms with Gasteiger partial charge in [0, 0.05) is 18.8 Å². The number of rotatable bonds is 3. The van der Waals surface area contributed by atoms with Gasteiger partial charge in [-0.1, -0.05) is 13.3 Å². The number of ketones is 1. The first-order chi connectivity index (χ1) is 5.29. The Morgan fingerprint density at radius 2 is 2.36 bits per heavy atom. The maximum atomic E-state index is 11.2. The maximum absolute atomic E-state index is 11.2. The summed E-state index contributed by atoms with van der Waals surface area (Å²) in [6.45, 7) is 2.08. The van der Waals surface area contributed by atoms with Gasteiger partial charge in [0.25, 0.3) is 0 Å². The summed E-state index contributed by atoms with van der Waals surface area (Å²) < 4.78 is 0. The number of Topliss-reactive ketones (excluding diaryl/α,β-unsaturated/α-hetero) is 1. The van der Waals surface area contributed by atoms with Crippen LogP contribution in [-0.2, 0) is 9.59 Å². The fraction of sp³-hybridized carbons (Fsp3) is 0.778. The van der Waals surface area contributed by atoms with E-state index in [1.54, 1.807) is 0 Å². The predicted molar refractivity (Wildman–Crippen MR) is 42.2 cm³/mol. The Morgan fingerprint density at radius 3 is 2.91 bits per heavy atom. The van der Waals surface area contributed by atoms with Crippen molar-refractivity contribution >= 4 is 12.1 Å². The zero-order valence-electron chi connectivity index (χ0n) is 6.88. The van der Waals surface area contributed by atoms with E-state index in [2.05, 4.69) is 6.92 Å². The molecule has 1 fully saturated rings. The van der Waals surface area contributed by atoms with Crippen molar-refractivity contribution in [1.29, 1.82) is 0 Å². The van der Waals surface area contributed by atoms with Crippen molar-refractivity contribution in [3.8, 4) is 0 Å².